The van der Waals surface area contributed by atoms with E-state index in [-0.39, 0.29) is 30.7 Å². The molecule has 0 aliphatic carbocycles. The van der Waals surface area contributed by atoms with Crippen LogP contribution >= 0.6 is 24.8 Å². The highest BCUT2D eigenvalue weighted by Crippen LogP contribution is 2.21. The molecule has 0 aromatic heterocycles. The number of carbonyl (C=O) groups is 1. The number of amides is 1. The molecule has 0 bridgehead atoms. The second-order valence-electron chi connectivity index (χ2n) is 6.57. The van der Waals surface area contributed by atoms with E-state index in [4.69, 9.17) is 0 Å². The fraction of sp³-hybridized carbons (Fsp3) is 0.933. The lowest BCUT2D eigenvalue weighted by atomic mass is 9.91. The summed E-state index contributed by atoms with van der Waals surface area (Å²) in [4.78, 5) is 16.9. The maximum Gasteiger partial charge on any atom is 0.225 e. The van der Waals surface area contributed by atoms with Gasteiger partial charge in [0.1, 0.15) is 0 Å². The first kappa shape index (κ1) is 21.0. The topological polar surface area (TPSA) is 35.6 Å². The summed E-state index contributed by atoms with van der Waals surface area (Å²) in [5, 5.41) is 3.42. The molecule has 21 heavy (non-hydrogen) atoms. The fourth-order valence-corrected chi connectivity index (χ4v) is 3.57. The van der Waals surface area contributed by atoms with Crippen molar-refractivity contribution in [3.63, 3.8) is 0 Å². The Hall–Kier alpha value is -0.0300. The van der Waals surface area contributed by atoms with Gasteiger partial charge in [-0.05, 0) is 58.7 Å². The van der Waals surface area contributed by atoms with Crippen LogP contribution in [-0.2, 0) is 4.79 Å². The lowest BCUT2D eigenvalue weighted by Gasteiger charge is -2.35. The van der Waals surface area contributed by atoms with Gasteiger partial charge in [-0.25, -0.2) is 0 Å². The Morgan fingerprint density at radius 3 is 2.67 bits per heavy atom. The number of hydrogen-bond acceptors (Lipinski definition) is 3. The predicted molar refractivity (Wildman–Crippen MR) is 92.5 cm³/mol. The molecule has 2 saturated heterocycles. The summed E-state index contributed by atoms with van der Waals surface area (Å²) in [6, 6.07) is 0.483. The summed E-state index contributed by atoms with van der Waals surface area (Å²) >= 11 is 0. The minimum atomic E-state index is 0. The predicted octanol–water partition coefficient (Wildman–Crippen LogP) is 2.02. The van der Waals surface area contributed by atoms with Gasteiger partial charge in [-0.2, -0.15) is 0 Å². The number of nitrogens with zero attached hydrogens (tertiary/aromatic N) is 2. The molecule has 0 radical (unpaired) electrons. The average molecular weight is 340 g/mol. The lowest BCUT2D eigenvalue weighted by Crippen LogP contribution is -2.45. The lowest BCUT2D eigenvalue weighted by molar-refractivity contribution is -0.136. The molecule has 1 unspecified atom stereocenters. The molecule has 3 atom stereocenters. The number of halogens is 2. The van der Waals surface area contributed by atoms with E-state index in [1.54, 1.807) is 0 Å². The van der Waals surface area contributed by atoms with Crippen LogP contribution < -0.4 is 5.32 Å². The molecular weight excluding hydrogens is 309 g/mol. The fourth-order valence-electron chi connectivity index (χ4n) is 3.57. The van der Waals surface area contributed by atoms with Crippen molar-refractivity contribution in [1.29, 1.82) is 0 Å². The van der Waals surface area contributed by atoms with Crippen molar-refractivity contribution >= 4 is 30.7 Å². The van der Waals surface area contributed by atoms with Gasteiger partial charge in [0.15, 0.2) is 0 Å². The van der Waals surface area contributed by atoms with Gasteiger partial charge in [-0.1, -0.05) is 0 Å². The van der Waals surface area contributed by atoms with Crippen LogP contribution in [0.2, 0.25) is 0 Å². The summed E-state index contributed by atoms with van der Waals surface area (Å²) < 4.78 is 0. The molecule has 2 fully saturated rings. The second-order valence-corrected chi connectivity index (χ2v) is 6.57. The maximum atomic E-state index is 12.5. The third-order valence-corrected chi connectivity index (χ3v) is 4.60. The van der Waals surface area contributed by atoms with Crippen molar-refractivity contribution in [2.75, 3.05) is 40.3 Å². The quantitative estimate of drug-likeness (QED) is 0.854. The van der Waals surface area contributed by atoms with E-state index in [0.29, 0.717) is 17.9 Å². The van der Waals surface area contributed by atoms with Crippen LogP contribution in [0.5, 0.6) is 0 Å². The highest BCUT2D eigenvalue weighted by molar-refractivity contribution is 5.85. The SMILES string of the molecule is C[C@H]1C[C@@H](C(=O)N(C)CC2CCCN(C)C2)CCN1.Cl.Cl. The molecule has 2 rings (SSSR count). The monoisotopic (exact) mass is 339 g/mol. The molecule has 0 spiro atoms. The van der Waals surface area contributed by atoms with E-state index in [1.165, 1.54) is 19.4 Å². The molecule has 1 amide bonds. The van der Waals surface area contributed by atoms with Crippen molar-refractivity contribution < 1.29 is 4.79 Å². The Balaban J connectivity index is 0.00000200. The Labute approximate surface area is 141 Å². The Bertz CT molecular complexity index is 317. The zero-order valence-corrected chi connectivity index (χ0v) is 15.1. The highest BCUT2D eigenvalue weighted by Gasteiger charge is 2.28. The maximum absolute atomic E-state index is 12.5. The number of rotatable bonds is 3. The first-order valence-corrected chi connectivity index (χ1v) is 7.73. The summed E-state index contributed by atoms with van der Waals surface area (Å²) in [5.74, 6) is 1.26. The van der Waals surface area contributed by atoms with Gasteiger partial charge in [0.25, 0.3) is 0 Å². The molecule has 0 saturated carbocycles. The number of nitrogens with one attached hydrogen (secondary N) is 1. The summed E-state index contributed by atoms with van der Waals surface area (Å²) in [6.07, 6.45) is 4.53. The number of hydrogen-bond donors (Lipinski definition) is 1. The second kappa shape index (κ2) is 9.88. The minimum absolute atomic E-state index is 0. The van der Waals surface area contributed by atoms with Crippen molar-refractivity contribution in [3.05, 3.63) is 0 Å². The van der Waals surface area contributed by atoms with E-state index >= 15 is 0 Å². The van der Waals surface area contributed by atoms with Crippen LogP contribution in [0, 0.1) is 11.8 Å². The first-order chi connectivity index (χ1) is 9.06. The van der Waals surface area contributed by atoms with Crippen LogP contribution in [0.25, 0.3) is 0 Å². The van der Waals surface area contributed by atoms with Gasteiger partial charge in [0, 0.05) is 32.1 Å². The van der Waals surface area contributed by atoms with Gasteiger partial charge in [0.05, 0.1) is 0 Å². The van der Waals surface area contributed by atoms with Crippen LogP contribution in [-0.4, -0.2) is 62.0 Å². The third kappa shape index (κ3) is 6.31. The van der Waals surface area contributed by atoms with E-state index in [9.17, 15) is 4.79 Å². The van der Waals surface area contributed by atoms with E-state index < -0.39 is 0 Å². The van der Waals surface area contributed by atoms with Crippen molar-refractivity contribution in [3.8, 4) is 0 Å². The van der Waals surface area contributed by atoms with Crippen molar-refractivity contribution in [2.45, 2.75) is 38.6 Å². The Morgan fingerprint density at radius 2 is 2.05 bits per heavy atom. The largest absolute Gasteiger partial charge is 0.345 e. The van der Waals surface area contributed by atoms with E-state index in [1.807, 2.05) is 11.9 Å². The summed E-state index contributed by atoms with van der Waals surface area (Å²) in [7, 11) is 4.17. The summed E-state index contributed by atoms with van der Waals surface area (Å²) in [6.45, 7) is 6.44. The van der Waals surface area contributed by atoms with Gasteiger partial charge in [-0.15, -0.1) is 24.8 Å². The molecule has 0 aromatic rings. The Morgan fingerprint density at radius 1 is 1.33 bits per heavy atom. The third-order valence-electron chi connectivity index (χ3n) is 4.60. The van der Waals surface area contributed by atoms with Crippen LogP contribution in [0.15, 0.2) is 0 Å². The molecule has 2 aliphatic rings. The molecule has 2 heterocycles. The molecule has 1 N–H and O–H groups in total. The molecule has 2 aliphatic heterocycles. The van der Waals surface area contributed by atoms with Gasteiger partial charge in [-0.3, -0.25) is 4.79 Å². The standard InChI is InChI=1S/C15H29N3O.2ClH/c1-12-9-14(6-7-16-12)15(19)18(3)11-13-5-4-8-17(2)10-13;;/h12-14,16H,4-11H2,1-3H3;2*1H/t12-,13?,14-;;/m0../s1. The highest BCUT2D eigenvalue weighted by atomic mass is 35.5. The smallest absolute Gasteiger partial charge is 0.225 e. The number of carbonyl (C=O) groups excluding carboxylic acids is 1. The van der Waals surface area contributed by atoms with Crippen molar-refractivity contribution in [2.24, 2.45) is 11.8 Å². The van der Waals surface area contributed by atoms with Crippen LogP contribution in [0.3, 0.4) is 0 Å². The van der Waals surface area contributed by atoms with Crippen molar-refractivity contribution in [1.82, 2.24) is 15.1 Å². The average Bonchev–Trinajstić information content (AvgIpc) is 2.38. The summed E-state index contributed by atoms with van der Waals surface area (Å²) in [5.41, 5.74) is 0. The minimum Gasteiger partial charge on any atom is -0.345 e. The van der Waals surface area contributed by atoms with Gasteiger partial charge >= 0.3 is 0 Å². The van der Waals surface area contributed by atoms with Crippen LogP contribution in [0.4, 0.5) is 0 Å². The normalized spacial score (nSPS) is 30.0. The zero-order chi connectivity index (χ0) is 13.8. The first-order valence-electron chi connectivity index (χ1n) is 7.73. The molecule has 126 valence electrons. The molecule has 6 heteroatoms. The van der Waals surface area contributed by atoms with Gasteiger partial charge in [0.2, 0.25) is 5.91 Å². The number of piperidine rings is 2. The zero-order valence-electron chi connectivity index (χ0n) is 13.5. The molecule has 0 aromatic carbocycles. The van der Waals surface area contributed by atoms with Gasteiger partial charge < -0.3 is 15.1 Å². The van der Waals surface area contributed by atoms with E-state index in [2.05, 4.69) is 24.2 Å². The van der Waals surface area contributed by atoms with Crippen LogP contribution in [0.1, 0.15) is 32.6 Å². The number of likely N-dealkylation sites (tertiary alicyclic amines) is 1. The van der Waals surface area contributed by atoms with E-state index in [0.717, 1.165) is 32.5 Å². The Kier molecular flexibility index (Phi) is 9.87. The molecule has 4 nitrogen and oxygen atoms in total. The molecular formula is C15H31Cl2N3O.